The van der Waals surface area contributed by atoms with Crippen LogP contribution in [-0.2, 0) is 23.7 Å². The highest BCUT2D eigenvalue weighted by Gasteiger charge is 2.51. The second-order valence-corrected chi connectivity index (χ2v) is 21.5. The molecule has 0 bridgehead atoms. The van der Waals surface area contributed by atoms with E-state index in [1.165, 1.54) is 193 Å². The summed E-state index contributed by atoms with van der Waals surface area (Å²) in [4.78, 5) is 13.2. The molecule has 2 aliphatic heterocycles. The molecule has 2 aliphatic rings. The van der Waals surface area contributed by atoms with Crippen molar-refractivity contribution in [2.45, 2.75) is 331 Å². The molecule has 14 heteroatoms. The number of carbonyl (C=O) groups excluding carboxylic acids is 1. The number of unbranched alkanes of at least 4 members (excludes halogenated alkanes) is 35. The van der Waals surface area contributed by atoms with Crippen LogP contribution in [0.2, 0.25) is 0 Å². The standard InChI is InChI=1S/C58H111NO13/c1-3-5-7-9-11-13-15-17-18-19-20-21-22-23-24-25-26-27-28-29-30-32-34-36-38-40-42-50(63)59-46(47(62)41-39-37-35-33-31-16-14-12-10-8-6-4-2)45-69-57-55(68)53(66)56(49(44-61)71-57)72-58-54(67)52(65)51(64)48(43-60)70-58/h39,41,46-49,51-58,60-62,64-68H,3-38,40,42-45H2,1-2H3,(H,59,63)/b41-39+. The van der Waals surface area contributed by atoms with Crippen LogP contribution in [0.4, 0.5) is 0 Å². The maximum absolute atomic E-state index is 13.2. The van der Waals surface area contributed by atoms with Crippen molar-refractivity contribution in [3.63, 3.8) is 0 Å². The number of aliphatic hydroxyl groups is 8. The molecule has 0 saturated carbocycles. The third-order valence-corrected chi connectivity index (χ3v) is 15.0. The number of nitrogens with one attached hydrogen (secondary N) is 1. The Balaban J connectivity index is 1.69. The molecule has 0 aromatic carbocycles. The fraction of sp³-hybridized carbons (Fsp3) is 0.948. The molecular formula is C58H111NO13. The van der Waals surface area contributed by atoms with Gasteiger partial charge in [-0.3, -0.25) is 4.79 Å². The van der Waals surface area contributed by atoms with Gasteiger partial charge in [0.05, 0.1) is 32.0 Å². The van der Waals surface area contributed by atoms with E-state index in [0.717, 1.165) is 38.5 Å². The number of allylic oxidation sites excluding steroid dienone is 1. The van der Waals surface area contributed by atoms with Crippen LogP contribution >= 0.6 is 0 Å². The maximum atomic E-state index is 13.2. The van der Waals surface area contributed by atoms with Crippen LogP contribution in [0.3, 0.4) is 0 Å². The third kappa shape index (κ3) is 30.5. The molecule has 0 radical (unpaired) electrons. The summed E-state index contributed by atoms with van der Waals surface area (Å²) < 4.78 is 22.7. The summed E-state index contributed by atoms with van der Waals surface area (Å²) >= 11 is 0. The van der Waals surface area contributed by atoms with Gasteiger partial charge in [-0.05, 0) is 19.3 Å². The minimum atomic E-state index is -1.78. The van der Waals surface area contributed by atoms with E-state index in [0.29, 0.717) is 6.42 Å². The second kappa shape index (κ2) is 44.8. The van der Waals surface area contributed by atoms with Crippen LogP contribution in [0.25, 0.3) is 0 Å². The Bertz CT molecular complexity index is 1260. The zero-order valence-electron chi connectivity index (χ0n) is 45.7. The van der Waals surface area contributed by atoms with Gasteiger partial charge in [-0.15, -0.1) is 0 Å². The summed E-state index contributed by atoms with van der Waals surface area (Å²) in [6.45, 7) is 2.81. The normalized spacial score (nSPS) is 25.6. The molecule has 2 fully saturated rings. The van der Waals surface area contributed by atoms with E-state index in [1.807, 2.05) is 6.08 Å². The van der Waals surface area contributed by atoms with E-state index in [1.54, 1.807) is 6.08 Å². The Labute approximate surface area is 437 Å². The predicted octanol–water partition coefficient (Wildman–Crippen LogP) is 9.89. The van der Waals surface area contributed by atoms with Crippen molar-refractivity contribution in [2.75, 3.05) is 19.8 Å². The fourth-order valence-electron chi connectivity index (χ4n) is 10.1. The smallest absolute Gasteiger partial charge is 0.220 e. The number of ether oxygens (including phenoxy) is 4. The number of rotatable bonds is 48. The van der Waals surface area contributed by atoms with Crippen LogP contribution in [0.1, 0.15) is 258 Å². The largest absolute Gasteiger partial charge is 0.394 e. The van der Waals surface area contributed by atoms with Crippen molar-refractivity contribution in [3.05, 3.63) is 12.2 Å². The lowest BCUT2D eigenvalue weighted by Gasteiger charge is -2.46. The highest BCUT2D eigenvalue weighted by atomic mass is 16.7. The molecule has 0 spiro atoms. The minimum absolute atomic E-state index is 0.235. The Morgan fingerprint density at radius 3 is 1.28 bits per heavy atom. The summed E-state index contributed by atoms with van der Waals surface area (Å²) in [6, 6.07) is -0.908. The predicted molar refractivity (Wildman–Crippen MR) is 286 cm³/mol. The van der Waals surface area contributed by atoms with Crippen molar-refractivity contribution in [3.8, 4) is 0 Å². The van der Waals surface area contributed by atoms with E-state index < -0.39 is 86.8 Å². The number of hydrogen-bond acceptors (Lipinski definition) is 13. The van der Waals surface area contributed by atoms with Gasteiger partial charge >= 0.3 is 0 Å². The molecule has 2 saturated heterocycles. The van der Waals surface area contributed by atoms with E-state index in [4.69, 9.17) is 18.9 Å². The van der Waals surface area contributed by atoms with Gasteiger partial charge in [0.25, 0.3) is 0 Å². The monoisotopic (exact) mass is 1030 g/mol. The molecule has 1 amide bonds. The van der Waals surface area contributed by atoms with Crippen LogP contribution in [-0.4, -0.2) is 140 Å². The fourth-order valence-corrected chi connectivity index (χ4v) is 10.1. The molecule has 2 rings (SSSR count). The maximum Gasteiger partial charge on any atom is 0.220 e. The topological polar surface area (TPSA) is 228 Å². The number of amides is 1. The lowest BCUT2D eigenvalue weighted by molar-refractivity contribution is -0.359. The second-order valence-electron chi connectivity index (χ2n) is 21.5. The number of hydrogen-bond donors (Lipinski definition) is 9. The summed E-state index contributed by atoms with van der Waals surface area (Å²) in [5.74, 6) is -0.235. The summed E-state index contributed by atoms with van der Waals surface area (Å²) in [6.07, 6.45) is 34.1. The highest BCUT2D eigenvalue weighted by molar-refractivity contribution is 5.76. The molecule has 9 N–H and O–H groups in total. The SMILES string of the molecule is CCCCCCCCCCCC/C=C/C(O)C(COC1OC(CO)C(OC2OC(CO)C(O)C(O)C2O)C(O)C1O)NC(=O)CCCCCCCCCCCCCCCCCCCCCCCCCCCC. The van der Waals surface area contributed by atoms with E-state index >= 15 is 0 Å². The Morgan fingerprint density at radius 1 is 0.486 bits per heavy atom. The zero-order valence-corrected chi connectivity index (χ0v) is 45.7. The number of aliphatic hydroxyl groups excluding tert-OH is 8. The molecule has 0 aromatic heterocycles. The summed E-state index contributed by atoms with van der Waals surface area (Å²) in [5.41, 5.74) is 0. The lowest BCUT2D eigenvalue weighted by atomic mass is 9.97. The van der Waals surface area contributed by atoms with Crippen molar-refractivity contribution in [2.24, 2.45) is 0 Å². The van der Waals surface area contributed by atoms with Gasteiger partial charge in [0, 0.05) is 6.42 Å². The Kier molecular flexibility index (Phi) is 41.6. The average Bonchev–Trinajstić information content (AvgIpc) is 3.38. The molecular weight excluding hydrogens is 919 g/mol. The van der Waals surface area contributed by atoms with Crippen LogP contribution in [0, 0.1) is 0 Å². The molecule has 12 atom stereocenters. The lowest BCUT2D eigenvalue weighted by Crippen LogP contribution is -2.65. The van der Waals surface area contributed by atoms with E-state index in [2.05, 4.69) is 19.2 Å². The first-order valence-electron chi connectivity index (χ1n) is 29.9. The van der Waals surface area contributed by atoms with Gasteiger partial charge in [-0.25, -0.2) is 0 Å². The van der Waals surface area contributed by atoms with E-state index in [9.17, 15) is 45.6 Å². The Hall–Kier alpha value is -1.27. The van der Waals surface area contributed by atoms with Crippen LogP contribution < -0.4 is 5.32 Å². The average molecular weight is 1030 g/mol. The summed E-state index contributed by atoms with van der Waals surface area (Å²) in [5, 5.41) is 86.9. The van der Waals surface area contributed by atoms with Gasteiger partial charge in [0.15, 0.2) is 12.6 Å². The van der Waals surface area contributed by atoms with E-state index in [-0.39, 0.29) is 18.9 Å². The Morgan fingerprint density at radius 2 is 0.861 bits per heavy atom. The zero-order chi connectivity index (χ0) is 52.4. The number of carbonyl (C=O) groups is 1. The molecule has 0 aliphatic carbocycles. The van der Waals surface area contributed by atoms with Crippen molar-refractivity contribution >= 4 is 5.91 Å². The molecule has 2 heterocycles. The molecule has 0 aromatic rings. The van der Waals surface area contributed by atoms with Crippen LogP contribution in [0.15, 0.2) is 12.2 Å². The quantitative estimate of drug-likeness (QED) is 0.0205. The van der Waals surface area contributed by atoms with Gasteiger partial charge in [-0.2, -0.15) is 0 Å². The van der Waals surface area contributed by atoms with Gasteiger partial charge in [-0.1, -0.05) is 244 Å². The minimum Gasteiger partial charge on any atom is -0.394 e. The molecule has 14 nitrogen and oxygen atoms in total. The van der Waals surface area contributed by atoms with Crippen molar-refractivity contribution in [1.29, 1.82) is 0 Å². The highest BCUT2D eigenvalue weighted by Crippen LogP contribution is 2.30. The van der Waals surface area contributed by atoms with Gasteiger partial charge < -0.3 is 65.1 Å². The van der Waals surface area contributed by atoms with Gasteiger partial charge in [0.1, 0.15) is 48.8 Å². The first kappa shape index (κ1) is 66.8. The van der Waals surface area contributed by atoms with Crippen LogP contribution in [0.5, 0.6) is 0 Å². The molecule has 72 heavy (non-hydrogen) atoms. The van der Waals surface area contributed by atoms with Gasteiger partial charge in [0.2, 0.25) is 5.91 Å². The summed E-state index contributed by atoms with van der Waals surface area (Å²) in [7, 11) is 0. The first-order chi connectivity index (χ1) is 35.1. The molecule has 426 valence electrons. The molecule has 12 unspecified atom stereocenters. The third-order valence-electron chi connectivity index (χ3n) is 15.0. The van der Waals surface area contributed by atoms with Crippen molar-refractivity contribution < 1.29 is 64.6 Å². The first-order valence-corrected chi connectivity index (χ1v) is 29.9. The van der Waals surface area contributed by atoms with Crippen molar-refractivity contribution in [1.82, 2.24) is 5.32 Å².